The maximum absolute atomic E-state index is 13.3. The van der Waals surface area contributed by atoms with Crippen molar-refractivity contribution < 1.29 is 29.0 Å². The molecule has 3 amide bonds. The number of aliphatic hydroxyl groups is 1. The summed E-state index contributed by atoms with van der Waals surface area (Å²) < 4.78 is 12.9. The molecular weight excluding hydrogens is 797 g/mol. The van der Waals surface area contributed by atoms with E-state index >= 15 is 0 Å². The molecule has 14 nitrogen and oxygen atoms in total. The number of hydrogen-bond acceptors (Lipinski definition) is 10. The molecule has 1 fully saturated rings. The van der Waals surface area contributed by atoms with Gasteiger partial charge in [-0.3, -0.25) is 18.8 Å². The Morgan fingerprint density at radius 1 is 1.02 bits per heavy atom. The van der Waals surface area contributed by atoms with Crippen LogP contribution in [-0.4, -0.2) is 87.3 Å². The normalized spacial score (nSPS) is 14.5. The molecule has 2 atom stereocenters. The molecule has 1 saturated heterocycles. The number of hydrogen-bond donors (Lipinski definition) is 4. The third-order valence-electron chi connectivity index (χ3n) is 9.72. The van der Waals surface area contributed by atoms with E-state index in [1.54, 1.807) is 44.0 Å². The number of fused-ring (bicyclic) bond motifs is 1. The fourth-order valence-corrected chi connectivity index (χ4v) is 7.46. The van der Waals surface area contributed by atoms with Crippen molar-refractivity contribution in [2.24, 2.45) is 0 Å². The number of aliphatic hydroxyl groups excluding tert-OH is 1. The second-order valence-corrected chi connectivity index (χ2v) is 16.0. The molecule has 0 saturated carbocycles. The van der Waals surface area contributed by atoms with Gasteiger partial charge >= 0.3 is 6.09 Å². The van der Waals surface area contributed by atoms with Gasteiger partial charge in [-0.2, -0.15) is 0 Å². The van der Waals surface area contributed by atoms with Gasteiger partial charge in [0.1, 0.15) is 11.2 Å². The van der Waals surface area contributed by atoms with E-state index in [9.17, 15) is 24.3 Å². The number of ether oxygens (including phenoxy) is 2. The number of benzene rings is 2. The Labute approximate surface area is 351 Å². The summed E-state index contributed by atoms with van der Waals surface area (Å²) in [5, 5.41) is 19.3. The number of halogens is 2. The molecule has 0 spiro atoms. The topological polar surface area (TPSA) is 176 Å². The van der Waals surface area contributed by atoms with Crippen LogP contribution in [0.1, 0.15) is 51.2 Å². The van der Waals surface area contributed by atoms with Gasteiger partial charge < -0.3 is 35.4 Å². The van der Waals surface area contributed by atoms with Crippen molar-refractivity contribution in [2.75, 3.05) is 27.2 Å². The Morgan fingerprint density at radius 3 is 2.37 bits per heavy atom. The molecule has 5 aromatic rings. The van der Waals surface area contributed by atoms with E-state index < -0.39 is 17.8 Å². The highest BCUT2D eigenvalue weighted by molar-refractivity contribution is 6.39. The lowest BCUT2D eigenvalue weighted by Gasteiger charge is -2.29. The van der Waals surface area contributed by atoms with Crippen molar-refractivity contribution in [3.8, 4) is 39.4 Å². The lowest BCUT2D eigenvalue weighted by atomic mass is 9.97. The van der Waals surface area contributed by atoms with Crippen LogP contribution in [-0.2, 0) is 27.4 Å². The van der Waals surface area contributed by atoms with Crippen LogP contribution in [0.25, 0.3) is 39.2 Å². The van der Waals surface area contributed by atoms with Gasteiger partial charge in [-0.05, 0) is 57.0 Å². The second-order valence-electron chi connectivity index (χ2n) is 15.3. The first-order chi connectivity index (χ1) is 28.1. The number of nitrogens with one attached hydrogen (secondary N) is 3. The van der Waals surface area contributed by atoms with Crippen LogP contribution in [0.3, 0.4) is 0 Å². The van der Waals surface area contributed by atoms with Crippen molar-refractivity contribution in [1.82, 2.24) is 35.2 Å². The first kappa shape index (κ1) is 43.0. The van der Waals surface area contributed by atoms with Crippen LogP contribution in [0.2, 0.25) is 10.0 Å². The van der Waals surface area contributed by atoms with Crippen molar-refractivity contribution in [2.45, 2.75) is 70.9 Å². The number of amides is 3. The minimum absolute atomic E-state index is 0.0466. The Morgan fingerprint density at radius 2 is 1.71 bits per heavy atom. The number of aromatic nitrogens is 3. The number of methoxy groups -OCH3 is 1. The number of rotatable bonds is 14. The number of nitrogens with zero attached hydrogens (tertiary/aromatic N) is 4. The summed E-state index contributed by atoms with van der Waals surface area (Å²) in [5.74, 6) is -0.0198. The molecule has 6 rings (SSSR count). The Bertz CT molecular complexity index is 2430. The van der Waals surface area contributed by atoms with Gasteiger partial charge in [-0.15, -0.1) is 0 Å². The smallest absolute Gasteiger partial charge is 0.410 e. The maximum Gasteiger partial charge on any atom is 0.410 e. The zero-order valence-corrected chi connectivity index (χ0v) is 35.0. The maximum atomic E-state index is 13.3. The van der Waals surface area contributed by atoms with Gasteiger partial charge in [0, 0.05) is 84.9 Å². The average Bonchev–Trinajstić information content (AvgIpc) is 3.62. The van der Waals surface area contributed by atoms with Gasteiger partial charge in [0.2, 0.25) is 17.7 Å². The third kappa shape index (κ3) is 10.4. The SMILES string of the molecule is CNC(=O)C[C@H](O)CNCc1cnc2cc(-c3cccc(-c4cccc(-c5ccc(CN(C[C@@H]6CCC(=O)N6)C(=O)OC(C)(C)C)c(OC)n5)c4Cl)c3Cl)ccn2c1=O. The second kappa shape index (κ2) is 18.6. The molecule has 16 heteroatoms. The molecule has 4 heterocycles. The Kier molecular flexibility index (Phi) is 13.6. The third-order valence-corrected chi connectivity index (χ3v) is 10.5. The molecule has 3 aromatic heterocycles. The van der Waals surface area contributed by atoms with Crippen LogP contribution in [0.15, 0.2) is 77.9 Å². The fourth-order valence-electron chi connectivity index (χ4n) is 6.80. The highest BCUT2D eigenvalue weighted by atomic mass is 35.5. The highest BCUT2D eigenvalue weighted by Gasteiger charge is 2.29. The summed E-state index contributed by atoms with van der Waals surface area (Å²) >= 11 is 14.3. The predicted molar refractivity (Wildman–Crippen MR) is 226 cm³/mol. The van der Waals surface area contributed by atoms with Gasteiger partial charge in [0.25, 0.3) is 5.56 Å². The van der Waals surface area contributed by atoms with Gasteiger partial charge in [0.15, 0.2) is 0 Å². The molecule has 0 aliphatic carbocycles. The van der Waals surface area contributed by atoms with Crippen LogP contribution >= 0.6 is 23.2 Å². The van der Waals surface area contributed by atoms with Crippen molar-refractivity contribution in [3.63, 3.8) is 0 Å². The van der Waals surface area contributed by atoms with E-state index in [1.165, 1.54) is 24.8 Å². The Balaban J connectivity index is 1.24. The van der Waals surface area contributed by atoms with Crippen molar-refractivity contribution in [1.29, 1.82) is 0 Å². The van der Waals surface area contributed by atoms with E-state index in [1.807, 2.05) is 48.5 Å². The molecule has 310 valence electrons. The largest absolute Gasteiger partial charge is 0.481 e. The molecule has 0 radical (unpaired) electrons. The summed E-state index contributed by atoms with van der Waals surface area (Å²) in [4.78, 5) is 60.9. The lowest BCUT2D eigenvalue weighted by Crippen LogP contribution is -2.43. The molecule has 0 bridgehead atoms. The monoisotopic (exact) mass is 843 g/mol. The minimum Gasteiger partial charge on any atom is -0.481 e. The van der Waals surface area contributed by atoms with Crippen LogP contribution in [0.4, 0.5) is 4.79 Å². The van der Waals surface area contributed by atoms with E-state index in [-0.39, 0.29) is 56.0 Å². The quantitative estimate of drug-likeness (QED) is 0.104. The standard InChI is InChI=1S/C43H47Cl2N7O7/c1-43(2,3)59-42(57)51(24-28-13-15-36(54)49-28)23-26-12-14-34(50-40(26)58-5)33-11-7-10-32(39(33)45)31-9-6-8-30(38(31)44)25-16-17-52-35(18-25)48-21-27(41(52)56)20-47-22-29(53)19-37(55)46-4/h6-12,14,16-18,21,28-29,47,53H,13,15,19-20,22-24H2,1-5H3,(H,46,55)(H,49,54)/t28-,29-/m0/s1. The highest BCUT2D eigenvalue weighted by Crippen LogP contribution is 2.42. The van der Waals surface area contributed by atoms with Gasteiger partial charge in [-0.1, -0.05) is 59.6 Å². The summed E-state index contributed by atoms with van der Waals surface area (Å²) in [6, 6.07) is 18.2. The predicted octanol–water partition coefficient (Wildman–Crippen LogP) is 6.01. The van der Waals surface area contributed by atoms with Crippen LogP contribution < -0.4 is 26.2 Å². The molecule has 2 aromatic carbocycles. The van der Waals surface area contributed by atoms with E-state index in [0.717, 1.165) is 5.56 Å². The van der Waals surface area contributed by atoms with Crippen molar-refractivity contribution in [3.05, 3.63) is 105 Å². The first-order valence-corrected chi connectivity index (χ1v) is 19.9. The molecular formula is C43H47Cl2N7O7. The molecule has 4 N–H and O–H groups in total. The number of pyridine rings is 2. The zero-order chi connectivity index (χ0) is 42.4. The first-order valence-electron chi connectivity index (χ1n) is 19.1. The molecule has 1 aliphatic rings. The number of carbonyl (C=O) groups is 3. The average molecular weight is 845 g/mol. The van der Waals surface area contributed by atoms with E-state index in [4.69, 9.17) is 37.7 Å². The summed E-state index contributed by atoms with van der Waals surface area (Å²) in [7, 11) is 3.01. The van der Waals surface area contributed by atoms with Gasteiger partial charge in [0.05, 0.1) is 41.9 Å². The fraction of sp³-hybridized carbons (Fsp3) is 0.349. The van der Waals surface area contributed by atoms with Gasteiger partial charge in [-0.25, -0.2) is 14.8 Å². The van der Waals surface area contributed by atoms with Crippen molar-refractivity contribution >= 4 is 46.8 Å². The van der Waals surface area contributed by atoms with E-state index in [2.05, 4.69) is 20.9 Å². The zero-order valence-electron chi connectivity index (χ0n) is 33.5. The van der Waals surface area contributed by atoms with Crippen LogP contribution in [0.5, 0.6) is 5.88 Å². The summed E-state index contributed by atoms with van der Waals surface area (Å²) in [5.41, 5.74) is 4.43. The Hall–Kier alpha value is -5.54. The molecule has 0 unspecified atom stereocenters. The minimum atomic E-state index is -0.895. The summed E-state index contributed by atoms with van der Waals surface area (Å²) in [6.07, 6.45) is 2.70. The molecule has 1 aliphatic heterocycles. The number of carbonyl (C=O) groups excluding carboxylic acids is 3. The lowest BCUT2D eigenvalue weighted by molar-refractivity contribution is -0.122. The molecule has 59 heavy (non-hydrogen) atoms. The summed E-state index contributed by atoms with van der Waals surface area (Å²) in [6.45, 7) is 6.10. The van der Waals surface area contributed by atoms with Crippen LogP contribution in [0, 0.1) is 0 Å². The van der Waals surface area contributed by atoms with E-state index in [0.29, 0.717) is 73.5 Å².